The van der Waals surface area contributed by atoms with Gasteiger partial charge < -0.3 is 9.88 Å². The van der Waals surface area contributed by atoms with E-state index in [2.05, 4.69) is 10.3 Å². The molecule has 0 aliphatic heterocycles. The average molecular weight is 295 g/mol. The molecule has 1 aromatic heterocycles. The number of aromatic nitrogens is 2. The molecule has 1 amide bonds. The molecule has 4 nitrogen and oxygen atoms in total. The smallest absolute Gasteiger partial charge is 0.251 e. The molecular formula is C18H21N3O. The minimum atomic E-state index is 0.0757. The van der Waals surface area contributed by atoms with E-state index in [9.17, 15) is 4.79 Å². The van der Waals surface area contributed by atoms with Gasteiger partial charge in [0.05, 0.1) is 6.33 Å². The second-order valence-electron chi connectivity index (χ2n) is 6.69. The lowest BCUT2D eigenvalue weighted by molar-refractivity contribution is 0.0923. The summed E-state index contributed by atoms with van der Waals surface area (Å²) >= 11 is 0. The molecule has 2 saturated carbocycles. The zero-order valence-corrected chi connectivity index (χ0v) is 12.6. The molecule has 3 atom stereocenters. The Morgan fingerprint density at radius 3 is 2.73 bits per heavy atom. The molecular weight excluding hydrogens is 274 g/mol. The first-order chi connectivity index (χ1) is 10.8. The summed E-state index contributed by atoms with van der Waals surface area (Å²) in [6, 6.07) is 8.30. The number of carbonyl (C=O) groups is 1. The fourth-order valence-electron chi connectivity index (χ4n) is 4.03. The highest BCUT2D eigenvalue weighted by molar-refractivity contribution is 5.94. The predicted octanol–water partition coefficient (Wildman–Crippen LogP) is 2.85. The highest BCUT2D eigenvalue weighted by Crippen LogP contribution is 2.44. The number of hydrogen-bond donors (Lipinski definition) is 1. The van der Waals surface area contributed by atoms with Gasteiger partial charge in [0.25, 0.3) is 5.91 Å². The van der Waals surface area contributed by atoms with Gasteiger partial charge in [-0.05, 0) is 48.8 Å². The highest BCUT2D eigenvalue weighted by Gasteiger charge is 2.40. The monoisotopic (exact) mass is 295 g/mol. The number of carbonyl (C=O) groups excluding carboxylic acids is 1. The molecule has 1 heterocycles. The zero-order valence-electron chi connectivity index (χ0n) is 12.6. The van der Waals surface area contributed by atoms with Crippen molar-refractivity contribution in [2.75, 3.05) is 0 Å². The van der Waals surface area contributed by atoms with Crippen molar-refractivity contribution >= 4 is 5.91 Å². The third-order valence-corrected chi connectivity index (χ3v) is 5.20. The Hall–Kier alpha value is -2.10. The van der Waals surface area contributed by atoms with Gasteiger partial charge in [0.1, 0.15) is 0 Å². The van der Waals surface area contributed by atoms with E-state index in [-0.39, 0.29) is 5.91 Å². The average Bonchev–Trinajstić information content (AvgIpc) is 3.25. The molecule has 0 radical (unpaired) electrons. The standard InChI is InChI=1S/C18H21N3O/c22-18(20-17-10-14-3-6-16(17)9-14)15-4-1-13(2-5-15)11-21-8-7-19-12-21/h1-2,4-5,7-8,12,14,16-17H,3,6,9-11H2,(H,20,22)/t14-,16-,17+/m1/s1. The van der Waals surface area contributed by atoms with Crippen LogP contribution in [0.4, 0.5) is 0 Å². The van der Waals surface area contributed by atoms with Gasteiger partial charge in [-0.25, -0.2) is 4.98 Å². The number of rotatable bonds is 4. The quantitative estimate of drug-likeness (QED) is 0.943. The van der Waals surface area contributed by atoms with Gasteiger partial charge in [-0.2, -0.15) is 0 Å². The zero-order chi connectivity index (χ0) is 14.9. The Kier molecular flexibility index (Phi) is 3.45. The summed E-state index contributed by atoms with van der Waals surface area (Å²) in [5.74, 6) is 1.65. The molecule has 2 aliphatic rings. The van der Waals surface area contributed by atoms with Gasteiger partial charge in [-0.1, -0.05) is 18.6 Å². The van der Waals surface area contributed by atoms with E-state index in [1.807, 2.05) is 35.0 Å². The summed E-state index contributed by atoms with van der Waals surface area (Å²) in [5.41, 5.74) is 1.94. The molecule has 22 heavy (non-hydrogen) atoms. The first kappa shape index (κ1) is 13.6. The van der Waals surface area contributed by atoms with Gasteiger partial charge in [0, 0.05) is 30.5 Å². The van der Waals surface area contributed by atoms with Crippen molar-refractivity contribution < 1.29 is 4.79 Å². The highest BCUT2D eigenvalue weighted by atomic mass is 16.1. The van der Waals surface area contributed by atoms with Crippen LogP contribution in [-0.2, 0) is 6.54 Å². The third kappa shape index (κ3) is 2.65. The summed E-state index contributed by atoms with van der Waals surface area (Å²) in [6.07, 6.45) is 10.7. The number of hydrogen-bond acceptors (Lipinski definition) is 2. The van der Waals surface area contributed by atoms with E-state index in [0.29, 0.717) is 6.04 Å². The van der Waals surface area contributed by atoms with Gasteiger partial charge in [0.2, 0.25) is 0 Å². The number of benzene rings is 1. The lowest BCUT2D eigenvalue weighted by Crippen LogP contribution is -2.38. The summed E-state index contributed by atoms with van der Waals surface area (Å²) in [4.78, 5) is 16.4. The largest absolute Gasteiger partial charge is 0.349 e. The fourth-order valence-corrected chi connectivity index (χ4v) is 4.03. The first-order valence-electron chi connectivity index (χ1n) is 8.13. The molecule has 0 unspecified atom stereocenters. The number of fused-ring (bicyclic) bond motifs is 2. The van der Waals surface area contributed by atoms with Crippen LogP contribution in [0.1, 0.15) is 41.6 Å². The van der Waals surface area contributed by atoms with Crippen LogP contribution in [0, 0.1) is 11.8 Å². The van der Waals surface area contributed by atoms with Crippen LogP contribution in [0.3, 0.4) is 0 Å². The Morgan fingerprint density at radius 2 is 2.09 bits per heavy atom. The summed E-state index contributed by atoms with van der Waals surface area (Å²) in [7, 11) is 0. The van der Waals surface area contributed by atoms with E-state index in [1.54, 1.807) is 12.5 Å². The Bertz CT molecular complexity index is 647. The van der Waals surface area contributed by atoms with Crippen LogP contribution in [0.2, 0.25) is 0 Å². The van der Waals surface area contributed by atoms with Crippen molar-refractivity contribution in [1.29, 1.82) is 0 Å². The lowest BCUT2D eigenvalue weighted by Gasteiger charge is -2.22. The second kappa shape index (κ2) is 5.59. The molecule has 114 valence electrons. The molecule has 0 saturated heterocycles. The van der Waals surface area contributed by atoms with Crippen LogP contribution in [0.5, 0.6) is 0 Å². The van der Waals surface area contributed by atoms with Gasteiger partial charge in [-0.3, -0.25) is 4.79 Å². The third-order valence-electron chi connectivity index (χ3n) is 5.20. The summed E-state index contributed by atoms with van der Waals surface area (Å²) < 4.78 is 2.02. The Balaban J connectivity index is 1.38. The molecule has 2 bridgehead atoms. The summed E-state index contributed by atoms with van der Waals surface area (Å²) in [6.45, 7) is 0.786. The maximum atomic E-state index is 12.4. The minimum absolute atomic E-state index is 0.0757. The van der Waals surface area contributed by atoms with E-state index < -0.39 is 0 Å². The first-order valence-corrected chi connectivity index (χ1v) is 8.13. The number of nitrogens with zero attached hydrogens (tertiary/aromatic N) is 2. The van der Waals surface area contributed by atoms with Crippen LogP contribution in [-0.4, -0.2) is 21.5 Å². The van der Waals surface area contributed by atoms with E-state index in [1.165, 1.54) is 31.2 Å². The second-order valence-corrected chi connectivity index (χ2v) is 6.69. The maximum absolute atomic E-state index is 12.4. The van der Waals surface area contributed by atoms with Crippen LogP contribution >= 0.6 is 0 Å². The minimum Gasteiger partial charge on any atom is -0.349 e. The number of imidazole rings is 1. The number of amides is 1. The molecule has 1 N–H and O–H groups in total. The normalized spacial score (nSPS) is 26.3. The molecule has 4 rings (SSSR count). The predicted molar refractivity (Wildman–Crippen MR) is 84.5 cm³/mol. The van der Waals surface area contributed by atoms with Crippen molar-refractivity contribution in [3.63, 3.8) is 0 Å². The van der Waals surface area contributed by atoms with Gasteiger partial charge in [0.15, 0.2) is 0 Å². The van der Waals surface area contributed by atoms with Crippen LogP contribution < -0.4 is 5.32 Å². The van der Waals surface area contributed by atoms with E-state index in [0.717, 1.165) is 23.9 Å². The van der Waals surface area contributed by atoms with Crippen molar-refractivity contribution in [3.05, 3.63) is 54.1 Å². The summed E-state index contributed by atoms with van der Waals surface area (Å²) in [5, 5.41) is 3.24. The number of nitrogens with one attached hydrogen (secondary N) is 1. The molecule has 2 aliphatic carbocycles. The molecule has 2 fully saturated rings. The molecule has 2 aromatic rings. The van der Waals surface area contributed by atoms with Gasteiger partial charge >= 0.3 is 0 Å². The maximum Gasteiger partial charge on any atom is 0.251 e. The Labute approximate surface area is 130 Å². The van der Waals surface area contributed by atoms with E-state index in [4.69, 9.17) is 0 Å². The van der Waals surface area contributed by atoms with Crippen LogP contribution in [0.25, 0.3) is 0 Å². The lowest BCUT2D eigenvalue weighted by atomic mass is 9.95. The fraction of sp³-hybridized carbons (Fsp3) is 0.444. The topological polar surface area (TPSA) is 46.9 Å². The Morgan fingerprint density at radius 1 is 1.23 bits per heavy atom. The molecule has 0 spiro atoms. The SMILES string of the molecule is O=C(N[C@H]1C[C@@H]2CC[C@@H]1C2)c1ccc(Cn2ccnc2)cc1. The van der Waals surface area contributed by atoms with Crippen LogP contribution in [0.15, 0.2) is 43.0 Å². The van der Waals surface area contributed by atoms with Crippen molar-refractivity contribution in [2.24, 2.45) is 11.8 Å². The van der Waals surface area contributed by atoms with Crippen molar-refractivity contribution in [1.82, 2.24) is 14.9 Å². The van der Waals surface area contributed by atoms with Crippen molar-refractivity contribution in [3.8, 4) is 0 Å². The molecule has 1 aromatic carbocycles. The van der Waals surface area contributed by atoms with Crippen molar-refractivity contribution in [2.45, 2.75) is 38.3 Å². The van der Waals surface area contributed by atoms with Gasteiger partial charge in [-0.15, -0.1) is 0 Å². The molecule has 4 heteroatoms. The van der Waals surface area contributed by atoms with E-state index >= 15 is 0 Å².